The second-order valence-electron chi connectivity index (χ2n) is 5.01. The molecule has 5 nitrogen and oxygen atoms in total. The van der Waals surface area contributed by atoms with E-state index in [4.69, 9.17) is 4.74 Å². The zero-order chi connectivity index (χ0) is 18.4. The van der Waals surface area contributed by atoms with Crippen molar-refractivity contribution in [2.24, 2.45) is 0 Å². The van der Waals surface area contributed by atoms with Crippen LogP contribution in [0.15, 0.2) is 29.2 Å². The fourth-order valence-electron chi connectivity index (χ4n) is 2.20. The number of carbonyl (C=O) groups is 2. The molecule has 1 heterocycles. The van der Waals surface area contributed by atoms with Crippen LogP contribution in [0.4, 0.5) is 5.00 Å². The summed E-state index contributed by atoms with van der Waals surface area (Å²) < 4.78 is 5.00. The maximum absolute atomic E-state index is 12.5. The van der Waals surface area contributed by atoms with E-state index in [1.807, 2.05) is 25.1 Å². The molecule has 0 unspecified atom stereocenters. The molecule has 0 aliphatic carbocycles. The lowest BCUT2D eigenvalue weighted by molar-refractivity contribution is 0.0531. The van der Waals surface area contributed by atoms with Crippen LogP contribution in [0.25, 0.3) is 0 Å². The third-order valence-electron chi connectivity index (χ3n) is 3.35. The molecule has 0 bridgehead atoms. The van der Waals surface area contributed by atoms with E-state index >= 15 is 0 Å². The summed E-state index contributed by atoms with van der Waals surface area (Å²) in [5, 5.41) is 12.5. The number of benzene rings is 1. The summed E-state index contributed by atoms with van der Waals surface area (Å²) in [6.07, 6.45) is 0. The smallest absolute Gasteiger partial charge is 0.348 e. The summed E-state index contributed by atoms with van der Waals surface area (Å²) >= 11 is 2.71. The van der Waals surface area contributed by atoms with E-state index in [9.17, 15) is 14.9 Å². The number of esters is 1. The Labute approximate surface area is 155 Å². The summed E-state index contributed by atoms with van der Waals surface area (Å²) in [7, 11) is 0. The van der Waals surface area contributed by atoms with Crippen LogP contribution < -0.4 is 5.32 Å². The number of nitrogens with zero attached hydrogens (tertiary/aromatic N) is 1. The number of hydrogen-bond acceptors (Lipinski definition) is 6. The standard InChI is InChI=1S/C18H18N2O3S2/c1-4-23-18(22)15-11(3)14(10-19)17(25-15)20-16(21)12-7-6-8-13(9-12)24-5-2/h6-9H,4-5H2,1-3H3,(H,20,21). The van der Waals surface area contributed by atoms with Crippen molar-refractivity contribution >= 4 is 40.0 Å². The molecule has 0 fully saturated rings. The number of thioether (sulfide) groups is 1. The van der Waals surface area contributed by atoms with Crippen LogP contribution in [-0.4, -0.2) is 24.2 Å². The largest absolute Gasteiger partial charge is 0.462 e. The van der Waals surface area contributed by atoms with Crippen LogP contribution in [-0.2, 0) is 4.74 Å². The van der Waals surface area contributed by atoms with Gasteiger partial charge in [-0.15, -0.1) is 23.1 Å². The molecule has 2 aromatic rings. The Morgan fingerprint density at radius 3 is 2.76 bits per heavy atom. The molecule has 0 saturated carbocycles. The molecule has 7 heteroatoms. The Morgan fingerprint density at radius 2 is 2.12 bits per heavy atom. The lowest BCUT2D eigenvalue weighted by atomic mass is 10.1. The highest BCUT2D eigenvalue weighted by Gasteiger charge is 2.22. The normalized spacial score (nSPS) is 10.2. The van der Waals surface area contributed by atoms with Crippen molar-refractivity contribution in [2.75, 3.05) is 17.7 Å². The van der Waals surface area contributed by atoms with Gasteiger partial charge in [0.1, 0.15) is 15.9 Å². The van der Waals surface area contributed by atoms with Crippen molar-refractivity contribution in [1.82, 2.24) is 0 Å². The average molecular weight is 374 g/mol. The van der Waals surface area contributed by atoms with Gasteiger partial charge in [0, 0.05) is 10.5 Å². The first kappa shape index (κ1) is 19.0. The molecule has 0 aliphatic rings. The zero-order valence-corrected chi connectivity index (χ0v) is 15.8. The van der Waals surface area contributed by atoms with Crippen molar-refractivity contribution in [1.29, 1.82) is 5.26 Å². The minimum atomic E-state index is -0.483. The second-order valence-corrected chi connectivity index (χ2v) is 7.37. The second kappa shape index (κ2) is 8.70. The highest BCUT2D eigenvalue weighted by atomic mass is 32.2. The number of hydrogen-bond donors (Lipinski definition) is 1. The SMILES string of the molecule is CCOC(=O)c1sc(NC(=O)c2cccc(SCC)c2)c(C#N)c1C. The molecule has 1 amide bonds. The minimum Gasteiger partial charge on any atom is -0.462 e. The van der Waals surface area contributed by atoms with E-state index in [1.54, 1.807) is 31.7 Å². The van der Waals surface area contributed by atoms with E-state index < -0.39 is 5.97 Å². The van der Waals surface area contributed by atoms with Gasteiger partial charge in [-0.3, -0.25) is 4.79 Å². The Hall–Kier alpha value is -2.30. The lowest BCUT2D eigenvalue weighted by Crippen LogP contribution is -2.11. The molecule has 25 heavy (non-hydrogen) atoms. The molecule has 2 rings (SSSR count). The predicted molar refractivity (Wildman–Crippen MR) is 101 cm³/mol. The summed E-state index contributed by atoms with van der Waals surface area (Å²) in [6.45, 7) is 5.69. The van der Waals surface area contributed by atoms with Gasteiger partial charge in [0.05, 0.1) is 12.2 Å². The Morgan fingerprint density at radius 1 is 1.36 bits per heavy atom. The predicted octanol–water partition coefficient (Wildman–Crippen LogP) is 4.47. The Bertz CT molecular complexity index is 837. The summed E-state index contributed by atoms with van der Waals surface area (Å²) in [5.41, 5.74) is 1.32. The van der Waals surface area contributed by atoms with Crippen LogP contribution in [0.2, 0.25) is 0 Å². The first-order valence-corrected chi connectivity index (χ1v) is 9.56. The number of ether oxygens (including phenoxy) is 1. The van der Waals surface area contributed by atoms with Gasteiger partial charge in [-0.2, -0.15) is 5.26 Å². The fourth-order valence-corrected chi connectivity index (χ4v) is 3.96. The maximum Gasteiger partial charge on any atom is 0.348 e. The Balaban J connectivity index is 2.29. The minimum absolute atomic E-state index is 0.252. The first-order chi connectivity index (χ1) is 12.0. The number of anilines is 1. The Kier molecular flexibility index (Phi) is 6.62. The lowest BCUT2D eigenvalue weighted by Gasteiger charge is -2.05. The van der Waals surface area contributed by atoms with Crippen molar-refractivity contribution < 1.29 is 14.3 Å². The van der Waals surface area contributed by atoms with Crippen LogP contribution in [0.5, 0.6) is 0 Å². The molecule has 0 radical (unpaired) electrons. The number of nitriles is 1. The molecule has 0 aliphatic heterocycles. The molecule has 1 N–H and O–H groups in total. The highest BCUT2D eigenvalue weighted by Crippen LogP contribution is 2.33. The molecule has 0 saturated heterocycles. The van der Waals surface area contributed by atoms with Gasteiger partial charge < -0.3 is 10.1 Å². The number of rotatable bonds is 6. The topological polar surface area (TPSA) is 79.2 Å². The van der Waals surface area contributed by atoms with Gasteiger partial charge in [0.25, 0.3) is 5.91 Å². The number of thiophene rings is 1. The molecule has 1 aromatic heterocycles. The molecule has 1 aromatic carbocycles. The van der Waals surface area contributed by atoms with Crippen molar-refractivity contribution in [3.8, 4) is 6.07 Å². The van der Waals surface area contributed by atoms with Crippen LogP contribution in [0.3, 0.4) is 0 Å². The van der Waals surface area contributed by atoms with E-state index in [0.29, 0.717) is 26.6 Å². The average Bonchev–Trinajstić information content (AvgIpc) is 2.91. The summed E-state index contributed by atoms with van der Waals surface area (Å²) in [6, 6.07) is 9.34. The van der Waals surface area contributed by atoms with Crippen molar-refractivity contribution in [3.63, 3.8) is 0 Å². The number of nitrogens with one attached hydrogen (secondary N) is 1. The molecular formula is C18H18N2O3S2. The monoisotopic (exact) mass is 374 g/mol. The number of amides is 1. The van der Waals surface area contributed by atoms with E-state index in [-0.39, 0.29) is 12.5 Å². The van der Waals surface area contributed by atoms with Gasteiger partial charge in [0.15, 0.2) is 0 Å². The third kappa shape index (κ3) is 4.41. The van der Waals surface area contributed by atoms with Crippen molar-refractivity contribution in [3.05, 3.63) is 45.8 Å². The van der Waals surface area contributed by atoms with E-state index in [1.165, 1.54) is 0 Å². The molecule has 0 atom stereocenters. The van der Waals surface area contributed by atoms with Gasteiger partial charge in [0.2, 0.25) is 0 Å². The zero-order valence-electron chi connectivity index (χ0n) is 14.2. The molecule has 130 valence electrons. The van der Waals surface area contributed by atoms with Crippen molar-refractivity contribution in [2.45, 2.75) is 25.7 Å². The van der Waals surface area contributed by atoms with Gasteiger partial charge >= 0.3 is 5.97 Å². The number of carbonyl (C=O) groups excluding carboxylic acids is 2. The van der Waals surface area contributed by atoms with Gasteiger partial charge in [-0.25, -0.2) is 4.79 Å². The quantitative estimate of drug-likeness (QED) is 0.596. The summed E-state index contributed by atoms with van der Waals surface area (Å²) in [4.78, 5) is 25.8. The fraction of sp³-hybridized carbons (Fsp3) is 0.278. The van der Waals surface area contributed by atoms with E-state index in [2.05, 4.69) is 11.4 Å². The van der Waals surface area contributed by atoms with Gasteiger partial charge in [-0.05, 0) is 43.4 Å². The highest BCUT2D eigenvalue weighted by molar-refractivity contribution is 7.99. The summed E-state index contributed by atoms with van der Waals surface area (Å²) in [5.74, 6) is 0.117. The maximum atomic E-state index is 12.5. The van der Waals surface area contributed by atoms with Crippen LogP contribution in [0, 0.1) is 18.3 Å². The van der Waals surface area contributed by atoms with Gasteiger partial charge in [-0.1, -0.05) is 13.0 Å². The molecular weight excluding hydrogens is 356 g/mol. The van der Waals surface area contributed by atoms with Crippen LogP contribution in [0.1, 0.15) is 45.0 Å². The van der Waals surface area contributed by atoms with E-state index in [0.717, 1.165) is 22.0 Å². The van der Waals surface area contributed by atoms with Crippen LogP contribution >= 0.6 is 23.1 Å². The third-order valence-corrected chi connectivity index (χ3v) is 5.42. The first-order valence-electron chi connectivity index (χ1n) is 7.76. The molecule has 0 spiro atoms.